The summed E-state index contributed by atoms with van der Waals surface area (Å²) in [6, 6.07) is 8.57. The zero-order valence-electron chi connectivity index (χ0n) is 35.6. The second-order valence-corrected chi connectivity index (χ2v) is 16.5. The number of nitrogens with two attached hydrogens (primary N) is 2. The Kier molecular flexibility index (Phi) is 18.1. The van der Waals surface area contributed by atoms with Crippen LogP contribution >= 0.6 is 54.5 Å². The minimum absolute atomic E-state index is 0.113. The highest BCUT2D eigenvalue weighted by Crippen LogP contribution is 2.34. The van der Waals surface area contributed by atoms with Gasteiger partial charge in [-0.2, -0.15) is 10.2 Å². The van der Waals surface area contributed by atoms with Gasteiger partial charge in [0.15, 0.2) is 11.6 Å². The molecule has 6 N–H and O–H groups in total. The van der Waals surface area contributed by atoms with E-state index in [-0.39, 0.29) is 47.8 Å². The molecule has 2 aromatic carbocycles. The quantitative estimate of drug-likeness (QED) is 0.123. The standard InChI is InChI=1S/C20H21FN6O2.C12H10BrFIN3O.C7H12BrN3.C2H6O/c1-10-17-15-8-23-18(22)19(24-15)29-11(2)14-7-12(21)5-6-13(14)20(28)26(3)9-16(17)27(4)25-10;1-6(8-4-7(14)2-3-9(8)15)19-12-11(16)17-5-10(13)18-12;1-5-7(8)6(4-9-2)11(3)10-5;1-2-3/h5-8,11H,9H2,1-4H3,(H2,22,23);2-6H,1H3,(H2,16,17);9H,4H2,1-3H3;3H,2H2,1H3. The smallest absolute Gasteiger partial charge is 0.258 e. The Morgan fingerprint density at radius 3 is 2.27 bits per heavy atom. The molecule has 0 radical (unpaired) electrons. The molecule has 0 aliphatic carbocycles. The van der Waals surface area contributed by atoms with Gasteiger partial charge in [0, 0.05) is 60.1 Å². The minimum atomic E-state index is -0.668. The lowest BCUT2D eigenvalue weighted by Gasteiger charge is -2.24. The summed E-state index contributed by atoms with van der Waals surface area (Å²) in [6.07, 6.45) is 1.99. The first kappa shape index (κ1) is 49.8. The van der Waals surface area contributed by atoms with Crippen molar-refractivity contribution in [2.45, 2.75) is 59.9 Å². The highest BCUT2D eigenvalue weighted by atomic mass is 127. The number of nitrogens with zero attached hydrogens (tertiary/aromatic N) is 9. The average Bonchev–Trinajstić information content (AvgIpc) is 3.64. The highest BCUT2D eigenvalue weighted by Gasteiger charge is 2.27. The van der Waals surface area contributed by atoms with Gasteiger partial charge >= 0.3 is 0 Å². The van der Waals surface area contributed by atoms with Gasteiger partial charge in [-0.05, 0) is 133 Å². The number of aryl methyl sites for hydroxylation is 4. The summed E-state index contributed by atoms with van der Waals surface area (Å²) >= 11 is 8.80. The number of nitrogen functional groups attached to an aromatic ring is 2. The number of aliphatic hydroxyl groups is 1. The molecule has 0 fully saturated rings. The van der Waals surface area contributed by atoms with Crippen LogP contribution in [0.1, 0.15) is 77.2 Å². The van der Waals surface area contributed by atoms with Crippen molar-refractivity contribution in [1.82, 2.24) is 49.7 Å². The van der Waals surface area contributed by atoms with Crippen LogP contribution in [0.15, 0.2) is 57.9 Å². The van der Waals surface area contributed by atoms with E-state index in [9.17, 15) is 13.6 Å². The van der Waals surface area contributed by atoms with E-state index in [0.717, 1.165) is 42.8 Å². The van der Waals surface area contributed by atoms with E-state index >= 15 is 0 Å². The van der Waals surface area contributed by atoms with Gasteiger partial charge in [-0.25, -0.2) is 28.7 Å². The van der Waals surface area contributed by atoms with Crippen molar-refractivity contribution >= 4 is 72.0 Å². The van der Waals surface area contributed by atoms with Crippen molar-refractivity contribution < 1.29 is 28.2 Å². The van der Waals surface area contributed by atoms with Crippen LogP contribution < -0.4 is 26.3 Å². The number of halogens is 5. The lowest BCUT2D eigenvalue weighted by molar-refractivity contribution is 0.0776. The number of carbonyl (C=O) groups excluding carboxylic acids is 1. The molecule has 16 nitrogen and oxygen atoms in total. The van der Waals surface area contributed by atoms with Crippen molar-refractivity contribution in [1.29, 1.82) is 0 Å². The molecular formula is C41H49Br2F2IN12O4. The lowest BCUT2D eigenvalue weighted by atomic mass is 10.0. The Morgan fingerprint density at radius 1 is 1.00 bits per heavy atom. The van der Waals surface area contributed by atoms with Gasteiger partial charge in [0.2, 0.25) is 0 Å². The van der Waals surface area contributed by atoms with E-state index in [0.29, 0.717) is 28.0 Å². The number of aromatic nitrogens is 8. The molecule has 21 heteroatoms. The molecule has 6 aromatic rings. The molecule has 1 amide bonds. The summed E-state index contributed by atoms with van der Waals surface area (Å²) in [4.78, 5) is 31.5. The fourth-order valence-corrected chi connectivity index (χ4v) is 7.66. The van der Waals surface area contributed by atoms with E-state index in [1.165, 1.54) is 42.2 Å². The predicted octanol–water partition coefficient (Wildman–Crippen LogP) is 7.55. The SMILES string of the molecule is CC(Oc1nc(Br)cnc1N)c1cc(F)ccc1I.CCO.CNCc1c(Br)c(C)nn1C.Cc1nn(C)c2c1-c1cnc(N)c(n1)OC(C)c1cc(F)ccc1C(=O)N(C)C2. The summed E-state index contributed by atoms with van der Waals surface area (Å²) in [5, 5.41) is 19.4. The van der Waals surface area contributed by atoms with Gasteiger partial charge < -0.3 is 36.3 Å². The maximum atomic E-state index is 14.0. The molecule has 62 heavy (non-hydrogen) atoms. The van der Waals surface area contributed by atoms with Gasteiger partial charge in [0.1, 0.15) is 28.4 Å². The molecule has 332 valence electrons. The third-order valence-corrected chi connectivity index (χ3v) is 11.5. The molecule has 2 bridgehead atoms. The molecule has 5 heterocycles. The third kappa shape index (κ3) is 12.4. The highest BCUT2D eigenvalue weighted by molar-refractivity contribution is 14.1. The first-order valence-corrected chi connectivity index (χ1v) is 21.7. The number of nitrogens with one attached hydrogen (secondary N) is 1. The normalized spacial score (nSPS) is 13.6. The Balaban J connectivity index is 0.000000219. The fraction of sp³-hybridized carbons (Fsp3) is 0.341. The van der Waals surface area contributed by atoms with Crippen molar-refractivity contribution in [3.05, 3.63) is 113 Å². The molecule has 4 aromatic heterocycles. The second-order valence-electron chi connectivity index (χ2n) is 13.8. The van der Waals surface area contributed by atoms with Crippen molar-refractivity contribution in [2.24, 2.45) is 14.1 Å². The van der Waals surface area contributed by atoms with Crippen molar-refractivity contribution in [2.75, 3.05) is 32.2 Å². The monoisotopic (exact) mass is 1100 g/mol. The number of hydrogen-bond donors (Lipinski definition) is 4. The number of carbonyl (C=O) groups is 1. The first-order chi connectivity index (χ1) is 29.3. The number of rotatable bonds is 5. The third-order valence-electron chi connectivity index (χ3n) is 9.10. The number of benzene rings is 2. The number of fused-ring (bicyclic) bond motifs is 5. The van der Waals surface area contributed by atoms with Gasteiger partial charge in [0.05, 0.1) is 51.9 Å². The second kappa shape index (κ2) is 22.5. The Labute approximate surface area is 389 Å². The maximum absolute atomic E-state index is 14.0. The fourth-order valence-electron chi connectivity index (χ4n) is 6.15. The van der Waals surface area contributed by atoms with Crippen molar-refractivity contribution in [3.8, 4) is 23.0 Å². The first-order valence-electron chi connectivity index (χ1n) is 19.0. The predicted molar refractivity (Wildman–Crippen MR) is 248 cm³/mol. The zero-order chi connectivity index (χ0) is 46.0. The van der Waals surface area contributed by atoms with E-state index in [2.05, 4.69) is 89.9 Å². The van der Waals surface area contributed by atoms with Crippen LogP contribution in [0.4, 0.5) is 20.4 Å². The number of aliphatic hydroxyl groups excluding tert-OH is 1. The number of amides is 1. The van der Waals surface area contributed by atoms with Crippen LogP contribution in [-0.4, -0.2) is 76.1 Å². The molecule has 2 atom stereocenters. The van der Waals surface area contributed by atoms with Crippen molar-refractivity contribution in [3.63, 3.8) is 0 Å². The molecule has 2 unspecified atom stereocenters. The Hall–Kier alpha value is -4.84. The van der Waals surface area contributed by atoms with Gasteiger partial charge in [0.25, 0.3) is 17.7 Å². The molecule has 0 saturated heterocycles. The summed E-state index contributed by atoms with van der Waals surface area (Å²) < 4.78 is 44.9. The van der Waals surface area contributed by atoms with Gasteiger partial charge in [-0.15, -0.1) is 0 Å². The van der Waals surface area contributed by atoms with E-state index in [4.69, 9.17) is 26.0 Å². The summed E-state index contributed by atoms with van der Waals surface area (Å²) in [7, 11) is 7.38. The van der Waals surface area contributed by atoms with Crippen LogP contribution in [0, 0.1) is 29.1 Å². The van der Waals surface area contributed by atoms with Gasteiger partial charge in [-0.1, -0.05) is 0 Å². The summed E-state index contributed by atoms with van der Waals surface area (Å²) in [6.45, 7) is 10.4. The van der Waals surface area contributed by atoms with E-state index < -0.39 is 11.9 Å². The molecule has 0 spiro atoms. The van der Waals surface area contributed by atoms with Crippen LogP contribution in [0.25, 0.3) is 11.3 Å². The Morgan fingerprint density at radius 2 is 1.63 bits per heavy atom. The van der Waals surface area contributed by atoms with Crippen LogP contribution in [0.2, 0.25) is 0 Å². The summed E-state index contributed by atoms with van der Waals surface area (Å²) in [5.41, 5.74) is 18.2. The number of ether oxygens (including phenoxy) is 2. The van der Waals surface area contributed by atoms with E-state index in [1.807, 2.05) is 39.7 Å². The Bertz CT molecular complexity index is 2510. The van der Waals surface area contributed by atoms with E-state index in [1.54, 1.807) is 49.7 Å². The average molecular weight is 1100 g/mol. The van der Waals surface area contributed by atoms with Crippen LogP contribution in [0.3, 0.4) is 0 Å². The maximum Gasteiger partial charge on any atom is 0.258 e. The largest absolute Gasteiger partial charge is 0.467 e. The number of anilines is 2. The molecular weight excluding hydrogens is 1050 g/mol. The van der Waals surface area contributed by atoms with Crippen LogP contribution in [-0.2, 0) is 27.2 Å². The minimum Gasteiger partial charge on any atom is -0.467 e. The lowest BCUT2D eigenvalue weighted by Crippen LogP contribution is -2.29. The topological polar surface area (TPSA) is 210 Å². The number of hydrogen-bond acceptors (Lipinski definition) is 13. The van der Waals surface area contributed by atoms with Gasteiger partial charge in [-0.3, -0.25) is 14.2 Å². The molecule has 1 aliphatic rings. The summed E-state index contributed by atoms with van der Waals surface area (Å²) in [5.74, 6) is -0.354. The molecule has 1 aliphatic heterocycles. The molecule has 0 saturated carbocycles. The zero-order valence-corrected chi connectivity index (χ0v) is 41.0. The molecule has 7 rings (SSSR count). The van der Waals surface area contributed by atoms with Crippen LogP contribution in [0.5, 0.6) is 11.8 Å².